The van der Waals surface area contributed by atoms with E-state index in [1.54, 1.807) is 0 Å². The van der Waals surface area contributed by atoms with Gasteiger partial charge in [0, 0.05) is 23.8 Å². The molecule has 0 saturated heterocycles. The van der Waals surface area contributed by atoms with Crippen LogP contribution in [0.15, 0.2) is 12.1 Å². The Morgan fingerprint density at radius 2 is 2.00 bits per heavy atom. The summed E-state index contributed by atoms with van der Waals surface area (Å²) in [6, 6.07) is 4.06. The Hall–Kier alpha value is -1.13. The molecule has 4 heteroatoms. The van der Waals surface area contributed by atoms with E-state index in [9.17, 15) is 0 Å². The third-order valence-corrected chi connectivity index (χ3v) is 3.70. The molecule has 1 aromatic rings. The van der Waals surface area contributed by atoms with Crippen LogP contribution >= 0.6 is 0 Å². The van der Waals surface area contributed by atoms with Gasteiger partial charge in [0.2, 0.25) is 5.88 Å². The molecule has 4 nitrogen and oxygen atoms in total. The number of nitrogens with zero attached hydrogens (tertiary/aromatic N) is 2. The van der Waals surface area contributed by atoms with Crippen LogP contribution in [0, 0.1) is 6.92 Å². The van der Waals surface area contributed by atoms with Gasteiger partial charge in [-0.3, -0.25) is 0 Å². The quantitative estimate of drug-likeness (QED) is 0.742. The highest BCUT2D eigenvalue weighted by atomic mass is 16.5. The first-order valence-electron chi connectivity index (χ1n) is 7.34. The van der Waals surface area contributed by atoms with Crippen LogP contribution in [0.3, 0.4) is 0 Å². The molecular weight excluding hydrogens is 250 g/mol. The van der Waals surface area contributed by atoms with Gasteiger partial charge in [-0.2, -0.15) is 0 Å². The van der Waals surface area contributed by atoms with Gasteiger partial charge in [-0.25, -0.2) is 4.98 Å². The molecule has 0 bridgehead atoms. The second-order valence-corrected chi connectivity index (χ2v) is 6.07. The summed E-state index contributed by atoms with van der Waals surface area (Å²) in [7, 11) is 4.12. The highest BCUT2D eigenvalue weighted by molar-refractivity contribution is 5.25. The van der Waals surface area contributed by atoms with E-state index < -0.39 is 0 Å². The molecule has 0 radical (unpaired) electrons. The molecule has 0 aliphatic heterocycles. The van der Waals surface area contributed by atoms with E-state index in [2.05, 4.69) is 56.1 Å². The zero-order valence-corrected chi connectivity index (χ0v) is 13.8. The molecule has 0 aliphatic rings. The average Bonchev–Trinajstić information content (AvgIpc) is 2.39. The van der Waals surface area contributed by atoms with Gasteiger partial charge in [0.1, 0.15) is 6.61 Å². The van der Waals surface area contributed by atoms with Gasteiger partial charge in [-0.1, -0.05) is 13.0 Å². The number of hydrogen-bond donors (Lipinski definition) is 1. The number of ether oxygens (including phenoxy) is 1. The van der Waals surface area contributed by atoms with Crippen molar-refractivity contribution in [3.8, 4) is 5.88 Å². The standard InChI is InChI=1S/C16H29N3O/c1-7-10-17-11-14-8-9-15(18-13(14)2)20-12-16(3,4)19(5)6/h8-9,17H,7,10-12H2,1-6H3. The van der Waals surface area contributed by atoms with Gasteiger partial charge >= 0.3 is 0 Å². The molecule has 0 amide bonds. The molecule has 20 heavy (non-hydrogen) atoms. The fourth-order valence-corrected chi connectivity index (χ4v) is 1.61. The predicted octanol–water partition coefficient (Wildman–Crippen LogP) is 2.61. The highest BCUT2D eigenvalue weighted by Gasteiger charge is 2.21. The Morgan fingerprint density at radius 3 is 2.55 bits per heavy atom. The molecule has 1 N–H and O–H groups in total. The molecule has 0 fully saturated rings. The lowest BCUT2D eigenvalue weighted by molar-refractivity contribution is 0.111. The maximum Gasteiger partial charge on any atom is 0.213 e. The van der Waals surface area contributed by atoms with Gasteiger partial charge in [0.05, 0.1) is 0 Å². The second kappa shape index (κ2) is 7.60. The van der Waals surface area contributed by atoms with Crippen LogP contribution in [0.25, 0.3) is 0 Å². The fourth-order valence-electron chi connectivity index (χ4n) is 1.61. The number of nitrogens with one attached hydrogen (secondary N) is 1. The van der Waals surface area contributed by atoms with Crippen LogP contribution in [0.2, 0.25) is 0 Å². The van der Waals surface area contributed by atoms with Gasteiger partial charge in [0.25, 0.3) is 0 Å². The molecule has 1 aromatic heterocycles. The summed E-state index contributed by atoms with van der Waals surface area (Å²) in [5.41, 5.74) is 2.27. The SMILES string of the molecule is CCCNCc1ccc(OCC(C)(C)N(C)C)nc1C. The Balaban J connectivity index is 2.59. The van der Waals surface area contributed by atoms with E-state index in [1.807, 2.05) is 13.0 Å². The van der Waals surface area contributed by atoms with E-state index in [4.69, 9.17) is 4.74 Å². The van der Waals surface area contributed by atoms with E-state index in [1.165, 1.54) is 5.56 Å². The van der Waals surface area contributed by atoms with Crippen LogP contribution in [-0.4, -0.2) is 42.7 Å². The van der Waals surface area contributed by atoms with Crippen molar-refractivity contribution in [2.24, 2.45) is 0 Å². The minimum atomic E-state index is -0.00304. The first-order chi connectivity index (χ1) is 9.36. The summed E-state index contributed by atoms with van der Waals surface area (Å²) in [5, 5.41) is 3.40. The first kappa shape index (κ1) is 16.9. The zero-order valence-electron chi connectivity index (χ0n) is 13.8. The average molecular weight is 279 g/mol. The number of rotatable bonds is 8. The normalized spacial score (nSPS) is 11.9. The van der Waals surface area contributed by atoms with Crippen molar-refractivity contribution in [3.05, 3.63) is 23.4 Å². The minimum Gasteiger partial charge on any atom is -0.476 e. The number of aryl methyl sites for hydroxylation is 1. The van der Waals surface area contributed by atoms with E-state index in [0.717, 1.165) is 25.2 Å². The molecule has 1 heterocycles. The number of pyridine rings is 1. The fraction of sp³-hybridized carbons (Fsp3) is 0.688. The van der Waals surface area contributed by atoms with Gasteiger partial charge in [-0.05, 0) is 53.4 Å². The van der Waals surface area contributed by atoms with Crippen molar-refractivity contribution in [1.29, 1.82) is 0 Å². The van der Waals surface area contributed by atoms with Gasteiger partial charge in [-0.15, -0.1) is 0 Å². The van der Waals surface area contributed by atoms with Crippen LogP contribution < -0.4 is 10.1 Å². The summed E-state index contributed by atoms with van der Waals surface area (Å²) < 4.78 is 5.82. The second-order valence-electron chi connectivity index (χ2n) is 6.07. The van der Waals surface area contributed by atoms with Crippen LogP contribution in [0.4, 0.5) is 0 Å². The summed E-state index contributed by atoms with van der Waals surface area (Å²) in [6.45, 7) is 11.0. The number of aromatic nitrogens is 1. The molecule has 0 aliphatic carbocycles. The van der Waals surface area contributed by atoms with Crippen molar-refractivity contribution in [3.63, 3.8) is 0 Å². The van der Waals surface area contributed by atoms with E-state index in [0.29, 0.717) is 12.5 Å². The Labute approximate surface area is 123 Å². The third kappa shape index (κ3) is 5.10. The zero-order chi connectivity index (χ0) is 15.2. The minimum absolute atomic E-state index is 0.00304. The van der Waals surface area contributed by atoms with Crippen molar-refractivity contribution in [1.82, 2.24) is 15.2 Å². The van der Waals surface area contributed by atoms with Crippen molar-refractivity contribution >= 4 is 0 Å². The number of likely N-dealkylation sites (N-methyl/N-ethyl adjacent to an activating group) is 1. The summed E-state index contributed by atoms with van der Waals surface area (Å²) in [5.74, 6) is 0.705. The van der Waals surface area contributed by atoms with E-state index >= 15 is 0 Å². The highest BCUT2D eigenvalue weighted by Crippen LogP contribution is 2.16. The molecule has 0 saturated carbocycles. The summed E-state index contributed by atoms with van der Waals surface area (Å²) in [4.78, 5) is 6.69. The monoisotopic (exact) mass is 279 g/mol. The predicted molar refractivity (Wildman–Crippen MR) is 84.2 cm³/mol. The molecule has 0 aromatic carbocycles. The Kier molecular flexibility index (Phi) is 6.43. The van der Waals surface area contributed by atoms with Crippen molar-refractivity contribution < 1.29 is 4.74 Å². The molecule has 114 valence electrons. The Bertz CT molecular complexity index is 416. The smallest absolute Gasteiger partial charge is 0.213 e. The maximum atomic E-state index is 5.82. The molecular formula is C16H29N3O. The molecule has 0 atom stereocenters. The topological polar surface area (TPSA) is 37.4 Å². The summed E-state index contributed by atoms with van der Waals surface area (Å²) >= 11 is 0. The largest absolute Gasteiger partial charge is 0.476 e. The first-order valence-corrected chi connectivity index (χ1v) is 7.34. The third-order valence-electron chi connectivity index (χ3n) is 3.70. The van der Waals surface area contributed by atoms with Crippen LogP contribution in [0.5, 0.6) is 5.88 Å². The lowest BCUT2D eigenvalue weighted by Gasteiger charge is -2.31. The van der Waals surface area contributed by atoms with Crippen molar-refractivity contribution in [2.45, 2.75) is 46.2 Å². The lowest BCUT2D eigenvalue weighted by atomic mass is 10.1. The Morgan fingerprint density at radius 1 is 1.30 bits per heavy atom. The summed E-state index contributed by atoms with van der Waals surface area (Å²) in [6.07, 6.45) is 1.15. The van der Waals surface area contributed by atoms with Crippen LogP contribution in [0.1, 0.15) is 38.4 Å². The van der Waals surface area contributed by atoms with Crippen molar-refractivity contribution in [2.75, 3.05) is 27.2 Å². The van der Waals surface area contributed by atoms with Crippen LogP contribution in [-0.2, 0) is 6.54 Å². The molecule has 0 spiro atoms. The molecule has 1 rings (SSSR count). The van der Waals surface area contributed by atoms with E-state index in [-0.39, 0.29) is 5.54 Å². The maximum absolute atomic E-state index is 5.82. The number of hydrogen-bond acceptors (Lipinski definition) is 4. The van der Waals surface area contributed by atoms with Gasteiger partial charge < -0.3 is 15.0 Å². The van der Waals surface area contributed by atoms with Gasteiger partial charge in [0.15, 0.2) is 0 Å². The lowest BCUT2D eigenvalue weighted by Crippen LogP contribution is -2.43. The molecule has 0 unspecified atom stereocenters.